The molecule has 0 atom stereocenters. The molecule has 0 spiro atoms. The summed E-state index contributed by atoms with van der Waals surface area (Å²) in [7, 11) is 0. The van der Waals surface area contributed by atoms with Gasteiger partial charge in [-0.05, 0) is 29.3 Å². The molecule has 3 rings (SSSR count). The van der Waals surface area contributed by atoms with E-state index in [-0.39, 0.29) is 18.1 Å². The summed E-state index contributed by atoms with van der Waals surface area (Å²) in [5.41, 5.74) is 1.37. The molecule has 6 heteroatoms. The summed E-state index contributed by atoms with van der Waals surface area (Å²) in [4.78, 5) is 18.5. The van der Waals surface area contributed by atoms with Crippen LogP contribution in [-0.4, -0.2) is 37.2 Å². The van der Waals surface area contributed by atoms with Gasteiger partial charge in [0.1, 0.15) is 11.6 Å². The molecule has 1 aliphatic heterocycles. The Balaban J connectivity index is 1.56. The summed E-state index contributed by atoms with van der Waals surface area (Å²) in [6.45, 7) is 3.43. The molecule has 126 valence electrons. The van der Waals surface area contributed by atoms with Crippen molar-refractivity contribution in [2.45, 2.75) is 13.0 Å². The Bertz CT molecular complexity index is 702. The van der Waals surface area contributed by atoms with Crippen LogP contribution in [0.3, 0.4) is 0 Å². The van der Waals surface area contributed by atoms with Crippen LogP contribution in [0.15, 0.2) is 42.6 Å². The number of carbonyl (C=O) groups is 1. The van der Waals surface area contributed by atoms with Crippen LogP contribution < -0.4 is 10.2 Å². The highest BCUT2D eigenvalue weighted by Crippen LogP contribution is 2.14. The number of anilines is 1. The lowest BCUT2D eigenvalue weighted by Crippen LogP contribution is -2.36. The normalized spacial score (nSPS) is 14.5. The molecule has 1 aromatic heterocycles. The van der Waals surface area contributed by atoms with Gasteiger partial charge in [0.15, 0.2) is 0 Å². The van der Waals surface area contributed by atoms with Gasteiger partial charge >= 0.3 is 0 Å². The third-order valence-corrected chi connectivity index (χ3v) is 3.94. The standard InChI is InChI=1S/C18H20FN3O2/c19-16-4-2-1-3-15(16)12-18(23)21-13-14-5-6-20-17(11-14)22-7-9-24-10-8-22/h1-6,11H,7-10,12-13H2,(H,21,23). The van der Waals surface area contributed by atoms with E-state index in [1.54, 1.807) is 24.4 Å². The van der Waals surface area contributed by atoms with Gasteiger partial charge in [-0.1, -0.05) is 18.2 Å². The number of nitrogens with one attached hydrogen (secondary N) is 1. The third kappa shape index (κ3) is 4.29. The van der Waals surface area contributed by atoms with Gasteiger partial charge < -0.3 is 15.0 Å². The maximum atomic E-state index is 13.6. The second-order valence-corrected chi connectivity index (χ2v) is 5.67. The molecule has 5 nitrogen and oxygen atoms in total. The number of morpholine rings is 1. The number of carbonyl (C=O) groups excluding carboxylic acids is 1. The lowest BCUT2D eigenvalue weighted by molar-refractivity contribution is -0.120. The first-order chi connectivity index (χ1) is 11.7. The summed E-state index contributed by atoms with van der Waals surface area (Å²) in [5, 5.41) is 2.83. The summed E-state index contributed by atoms with van der Waals surface area (Å²) < 4.78 is 18.9. The number of hydrogen-bond acceptors (Lipinski definition) is 4. The molecule has 2 aromatic rings. The van der Waals surface area contributed by atoms with Crippen LogP contribution in [0.4, 0.5) is 10.2 Å². The van der Waals surface area contributed by atoms with Crippen molar-refractivity contribution in [3.63, 3.8) is 0 Å². The van der Waals surface area contributed by atoms with Gasteiger partial charge in [-0.2, -0.15) is 0 Å². The Morgan fingerprint density at radius 1 is 1.25 bits per heavy atom. The van der Waals surface area contributed by atoms with E-state index in [4.69, 9.17) is 4.74 Å². The van der Waals surface area contributed by atoms with Crippen molar-refractivity contribution in [3.05, 3.63) is 59.5 Å². The Labute approximate surface area is 140 Å². The quantitative estimate of drug-likeness (QED) is 0.910. The van der Waals surface area contributed by atoms with Gasteiger partial charge in [0.2, 0.25) is 5.91 Å². The van der Waals surface area contributed by atoms with E-state index in [2.05, 4.69) is 15.2 Å². The average molecular weight is 329 g/mol. The highest BCUT2D eigenvalue weighted by molar-refractivity contribution is 5.78. The number of pyridine rings is 1. The van der Waals surface area contributed by atoms with Crippen LogP contribution in [0.5, 0.6) is 0 Å². The molecule has 1 aromatic carbocycles. The van der Waals surface area contributed by atoms with Crippen molar-refractivity contribution in [2.75, 3.05) is 31.2 Å². The lowest BCUT2D eigenvalue weighted by Gasteiger charge is -2.28. The van der Waals surface area contributed by atoms with Gasteiger partial charge in [-0.25, -0.2) is 9.37 Å². The monoisotopic (exact) mass is 329 g/mol. The van der Waals surface area contributed by atoms with Gasteiger partial charge in [0.25, 0.3) is 0 Å². The van der Waals surface area contributed by atoms with E-state index in [1.807, 2.05) is 12.1 Å². The molecule has 1 saturated heterocycles. The summed E-state index contributed by atoms with van der Waals surface area (Å²) in [6, 6.07) is 10.2. The highest BCUT2D eigenvalue weighted by atomic mass is 19.1. The number of benzene rings is 1. The summed E-state index contributed by atoms with van der Waals surface area (Å²) >= 11 is 0. The zero-order valence-electron chi connectivity index (χ0n) is 13.4. The van der Waals surface area contributed by atoms with Crippen molar-refractivity contribution >= 4 is 11.7 Å². The molecule has 1 amide bonds. The fourth-order valence-electron chi connectivity index (χ4n) is 2.61. The van der Waals surface area contributed by atoms with Crippen molar-refractivity contribution in [1.82, 2.24) is 10.3 Å². The molecule has 24 heavy (non-hydrogen) atoms. The van der Waals surface area contributed by atoms with E-state index in [1.165, 1.54) is 6.07 Å². The van der Waals surface area contributed by atoms with Crippen molar-refractivity contribution in [3.8, 4) is 0 Å². The zero-order chi connectivity index (χ0) is 16.8. The van der Waals surface area contributed by atoms with Crippen LogP contribution in [-0.2, 0) is 22.5 Å². The Morgan fingerprint density at radius 2 is 2.04 bits per heavy atom. The molecule has 0 saturated carbocycles. The molecule has 2 heterocycles. The van der Waals surface area contributed by atoms with Crippen molar-refractivity contribution in [1.29, 1.82) is 0 Å². The SMILES string of the molecule is O=C(Cc1ccccc1F)NCc1ccnc(N2CCOCC2)c1. The van der Waals surface area contributed by atoms with E-state index in [0.717, 1.165) is 24.5 Å². The minimum Gasteiger partial charge on any atom is -0.378 e. The third-order valence-electron chi connectivity index (χ3n) is 3.94. The average Bonchev–Trinajstić information content (AvgIpc) is 2.63. The molecular formula is C18H20FN3O2. The first-order valence-electron chi connectivity index (χ1n) is 8.00. The zero-order valence-corrected chi connectivity index (χ0v) is 13.4. The predicted molar refractivity (Wildman–Crippen MR) is 89.2 cm³/mol. The van der Waals surface area contributed by atoms with Gasteiger partial charge in [-0.15, -0.1) is 0 Å². The molecule has 1 fully saturated rings. The van der Waals surface area contributed by atoms with Crippen LogP contribution in [0.25, 0.3) is 0 Å². The predicted octanol–water partition coefficient (Wildman–Crippen LogP) is 1.92. The van der Waals surface area contributed by atoms with Crippen LogP contribution >= 0.6 is 0 Å². The van der Waals surface area contributed by atoms with Crippen molar-refractivity contribution in [2.24, 2.45) is 0 Å². The maximum Gasteiger partial charge on any atom is 0.224 e. The van der Waals surface area contributed by atoms with Crippen LogP contribution in [0.1, 0.15) is 11.1 Å². The Hall–Kier alpha value is -2.47. The van der Waals surface area contributed by atoms with Crippen LogP contribution in [0.2, 0.25) is 0 Å². The highest BCUT2D eigenvalue weighted by Gasteiger charge is 2.13. The fourth-order valence-corrected chi connectivity index (χ4v) is 2.61. The molecule has 0 bridgehead atoms. The van der Waals surface area contributed by atoms with E-state index in [9.17, 15) is 9.18 Å². The number of halogens is 1. The second kappa shape index (κ2) is 7.88. The van der Waals surface area contributed by atoms with Crippen LogP contribution in [0, 0.1) is 5.82 Å². The summed E-state index contributed by atoms with van der Waals surface area (Å²) in [5.74, 6) is 0.329. The van der Waals surface area contributed by atoms with Gasteiger partial charge in [-0.3, -0.25) is 4.79 Å². The van der Waals surface area contributed by atoms with E-state index in [0.29, 0.717) is 25.3 Å². The Morgan fingerprint density at radius 3 is 2.83 bits per heavy atom. The van der Waals surface area contributed by atoms with Crippen molar-refractivity contribution < 1.29 is 13.9 Å². The molecule has 0 aliphatic carbocycles. The number of ether oxygens (including phenoxy) is 1. The second-order valence-electron chi connectivity index (χ2n) is 5.67. The minimum atomic E-state index is -0.355. The number of nitrogens with zero attached hydrogens (tertiary/aromatic N) is 2. The molecule has 1 N–H and O–H groups in total. The number of aromatic nitrogens is 1. The first kappa shape index (κ1) is 16.4. The first-order valence-corrected chi connectivity index (χ1v) is 8.00. The van der Waals surface area contributed by atoms with Gasteiger partial charge in [0.05, 0.1) is 19.6 Å². The fraction of sp³-hybridized carbons (Fsp3) is 0.333. The van der Waals surface area contributed by atoms with E-state index < -0.39 is 0 Å². The number of rotatable bonds is 5. The van der Waals surface area contributed by atoms with Gasteiger partial charge in [0, 0.05) is 25.8 Å². The summed E-state index contributed by atoms with van der Waals surface area (Å²) in [6.07, 6.45) is 1.78. The number of amides is 1. The molecule has 0 unspecified atom stereocenters. The molecular weight excluding hydrogens is 309 g/mol. The molecule has 0 radical (unpaired) electrons. The van der Waals surface area contributed by atoms with E-state index >= 15 is 0 Å². The topological polar surface area (TPSA) is 54.5 Å². The number of hydrogen-bond donors (Lipinski definition) is 1. The smallest absolute Gasteiger partial charge is 0.224 e. The minimum absolute atomic E-state index is 0.0358. The lowest BCUT2D eigenvalue weighted by atomic mass is 10.1. The Kier molecular flexibility index (Phi) is 5.38. The maximum absolute atomic E-state index is 13.6. The largest absolute Gasteiger partial charge is 0.378 e. The molecule has 1 aliphatic rings.